The van der Waals surface area contributed by atoms with Gasteiger partial charge in [-0.05, 0) is 59.2 Å². The van der Waals surface area contributed by atoms with Gasteiger partial charge in [-0.2, -0.15) is 0 Å². The van der Waals surface area contributed by atoms with Gasteiger partial charge in [-0.15, -0.1) is 0 Å². The molecule has 1 aromatic heterocycles. The van der Waals surface area contributed by atoms with Crippen molar-refractivity contribution in [3.8, 4) is 0 Å². The highest BCUT2D eigenvalue weighted by Gasteiger charge is 2.31. The molecule has 2 amide bonds. The van der Waals surface area contributed by atoms with Crippen LogP contribution in [0.4, 0.5) is 4.79 Å². The lowest BCUT2D eigenvalue weighted by Crippen LogP contribution is -2.51. The van der Waals surface area contributed by atoms with Crippen molar-refractivity contribution in [2.24, 2.45) is 0 Å². The highest BCUT2D eigenvalue weighted by Crippen LogP contribution is 2.14. The summed E-state index contributed by atoms with van der Waals surface area (Å²) in [6, 6.07) is 7.21. The van der Waals surface area contributed by atoms with Gasteiger partial charge >= 0.3 is 12.1 Å². The number of hydrogen-bond acceptors (Lipinski definition) is 6. The maximum atomic E-state index is 13.1. The van der Waals surface area contributed by atoms with E-state index in [-0.39, 0.29) is 19.1 Å². The summed E-state index contributed by atoms with van der Waals surface area (Å²) >= 11 is 0. The van der Waals surface area contributed by atoms with Gasteiger partial charge in [0.15, 0.2) is 0 Å². The Morgan fingerprint density at radius 2 is 1.91 bits per heavy atom. The molecule has 0 radical (unpaired) electrons. The molecule has 4 N–H and O–H groups in total. The first-order valence-corrected chi connectivity index (χ1v) is 10.9. The van der Waals surface area contributed by atoms with Gasteiger partial charge in [0.2, 0.25) is 0 Å². The van der Waals surface area contributed by atoms with Crippen LogP contribution in [0.3, 0.4) is 0 Å². The summed E-state index contributed by atoms with van der Waals surface area (Å²) in [4.78, 5) is 45.7. The summed E-state index contributed by atoms with van der Waals surface area (Å²) in [6.45, 7) is 7.33. The molecule has 10 nitrogen and oxygen atoms in total. The van der Waals surface area contributed by atoms with Gasteiger partial charge in [0.1, 0.15) is 17.5 Å². The zero-order valence-electron chi connectivity index (χ0n) is 19.5. The summed E-state index contributed by atoms with van der Waals surface area (Å²) in [5, 5.41) is 15.7. The molecule has 10 heteroatoms. The number of aliphatic carboxylic acids is 1. The van der Waals surface area contributed by atoms with Crippen LogP contribution >= 0.6 is 0 Å². The molecule has 0 fully saturated rings. The van der Waals surface area contributed by atoms with Gasteiger partial charge < -0.3 is 30.4 Å². The van der Waals surface area contributed by atoms with Crippen molar-refractivity contribution in [3.05, 3.63) is 54.1 Å². The number of carbonyl (C=O) groups is 3. The molecular weight excluding hydrogens is 426 g/mol. The van der Waals surface area contributed by atoms with Crippen LogP contribution in [0, 0.1) is 0 Å². The molecule has 0 aliphatic heterocycles. The van der Waals surface area contributed by atoms with Crippen molar-refractivity contribution in [3.63, 3.8) is 0 Å². The second-order valence-electron chi connectivity index (χ2n) is 8.62. The van der Waals surface area contributed by atoms with Crippen molar-refractivity contribution < 1.29 is 24.2 Å². The van der Waals surface area contributed by atoms with E-state index in [1.54, 1.807) is 63.5 Å². The molecule has 0 spiro atoms. The summed E-state index contributed by atoms with van der Waals surface area (Å²) in [6.07, 6.45) is 3.36. The number of hydrogen-bond donors (Lipinski definition) is 4. The van der Waals surface area contributed by atoms with Crippen LogP contribution in [-0.4, -0.2) is 62.8 Å². The SMILES string of the molecule is CC(NCCC[C@@H](C(=O)O)N(CNC(=O)OC(C)(C)C)C(=O)c1ccccc1)c1ncc[nH]1. The van der Waals surface area contributed by atoms with Crippen molar-refractivity contribution >= 4 is 18.0 Å². The maximum Gasteiger partial charge on any atom is 0.409 e. The lowest BCUT2D eigenvalue weighted by Gasteiger charge is -2.30. The number of nitrogens with one attached hydrogen (secondary N) is 3. The summed E-state index contributed by atoms with van der Waals surface area (Å²) < 4.78 is 5.22. The third kappa shape index (κ3) is 8.57. The van der Waals surface area contributed by atoms with Crippen LogP contribution in [0.25, 0.3) is 0 Å². The fourth-order valence-electron chi connectivity index (χ4n) is 3.17. The topological polar surface area (TPSA) is 137 Å². The number of alkyl carbamates (subject to hydrolysis) is 1. The summed E-state index contributed by atoms with van der Waals surface area (Å²) in [7, 11) is 0. The Balaban J connectivity index is 2.06. The average Bonchev–Trinajstić information content (AvgIpc) is 3.29. The lowest BCUT2D eigenvalue weighted by atomic mass is 10.1. The van der Waals surface area contributed by atoms with E-state index in [0.717, 1.165) is 10.7 Å². The Morgan fingerprint density at radius 1 is 1.21 bits per heavy atom. The third-order valence-electron chi connectivity index (χ3n) is 4.77. The number of aromatic nitrogens is 2. The normalized spacial score (nSPS) is 13.1. The number of H-pyrrole nitrogens is 1. The first kappa shape index (κ1) is 25.9. The van der Waals surface area contributed by atoms with Crippen LogP contribution in [0.15, 0.2) is 42.7 Å². The molecule has 0 saturated carbocycles. The zero-order chi connectivity index (χ0) is 24.4. The predicted octanol–water partition coefficient (Wildman–Crippen LogP) is 2.92. The number of imidazole rings is 1. The fourth-order valence-corrected chi connectivity index (χ4v) is 3.17. The molecule has 0 aliphatic rings. The molecular formula is C23H33N5O5. The highest BCUT2D eigenvalue weighted by atomic mass is 16.6. The van der Waals surface area contributed by atoms with E-state index in [4.69, 9.17) is 4.74 Å². The van der Waals surface area contributed by atoms with Crippen molar-refractivity contribution in [1.82, 2.24) is 25.5 Å². The van der Waals surface area contributed by atoms with E-state index in [1.807, 2.05) is 6.92 Å². The number of aromatic amines is 1. The van der Waals surface area contributed by atoms with Crippen molar-refractivity contribution in [2.75, 3.05) is 13.2 Å². The minimum atomic E-state index is -1.15. The van der Waals surface area contributed by atoms with E-state index in [1.165, 1.54) is 0 Å². The Labute approximate surface area is 193 Å². The number of carboxylic acids is 1. The van der Waals surface area contributed by atoms with E-state index in [0.29, 0.717) is 18.5 Å². The van der Waals surface area contributed by atoms with Crippen LogP contribution in [0.2, 0.25) is 0 Å². The van der Waals surface area contributed by atoms with Gasteiger partial charge in [-0.25, -0.2) is 14.6 Å². The first-order valence-electron chi connectivity index (χ1n) is 10.9. The van der Waals surface area contributed by atoms with Gasteiger partial charge in [0.25, 0.3) is 5.91 Å². The number of carboxylic acid groups (broad SMARTS) is 1. The summed E-state index contributed by atoms with van der Waals surface area (Å²) in [5.41, 5.74) is -0.389. The molecule has 180 valence electrons. The number of benzene rings is 1. The van der Waals surface area contributed by atoms with E-state index in [9.17, 15) is 19.5 Å². The second-order valence-corrected chi connectivity index (χ2v) is 8.62. The number of amides is 2. The molecule has 33 heavy (non-hydrogen) atoms. The monoisotopic (exact) mass is 459 g/mol. The fraction of sp³-hybridized carbons (Fsp3) is 0.478. The van der Waals surface area contributed by atoms with Crippen molar-refractivity contribution in [2.45, 2.75) is 58.2 Å². The van der Waals surface area contributed by atoms with Gasteiger partial charge in [0.05, 0.1) is 12.7 Å². The first-order chi connectivity index (χ1) is 15.6. The largest absolute Gasteiger partial charge is 0.480 e. The Bertz CT molecular complexity index is 896. The summed E-state index contributed by atoms with van der Waals surface area (Å²) in [5.74, 6) is -0.854. The smallest absolute Gasteiger partial charge is 0.409 e. The van der Waals surface area contributed by atoms with Crippen LogP contribution < -0.4 is 10.6 Å². The molecule has 2 rings (SSSR count). The lowest BCUT2D eigenvalue weighted by molar-refractivity contribution is -0.142. The zero-order valence-corrected chi connectivity index (χ0v) is 19.5. The minimum absolute atomic E-state index is 0.0285. The number of ether oxygens (including phenoxy) is 1. The molecule has 1 aromatic carbocycles. The molecule has 1 unspecified atom stereocenters. The average molecular weight is 460 g/mol. The molecule has 0 aliphatic carbocycles. The Morgan fingerprint density at radius 3 is 2.48 bits per heavy atom. The van der Waals surface area contributed by atoms with Crippen LogP contribution in [0.1, 0.15) is 62.8 Å². The number of carbonyl (C=O) groups excluding carboxylic acids is 2. The van der Waals surface area contributed by atoms with E-state index >= 15 is 0 Å². The highest BCUT2D eigenvalue weighted by molar-refractivity contribution is 5.96. The standard InChI is InChI=1S/C23H33N5O5/c1-16(19-25-13-14-26-19)24-12-8-11-18(21(30)31)28(15-27-22(32)33-23(2,3)4)20(29)17-9-6-5-7-10-17/h5-7,9-10,13-14,16,18,24H,8,11-12,15H2,1-4H3,(H,25,26)(H,27,32)(H,30,31)/t16?,18-/m0/s1. The van der Waals surface area contributed by atoms with Gasteiger partial charge in [0, 0.05) is 18.0 Å². The molecule has 0 bridgehead atoms. The number of rotatable bonds is 11. The predicted molar refractivity (Wildman–Crippen MR) is 123 cm³/mol. The molecule has 2 atom stereocenters. The quantitative estimate of drug-likeness (QED) is 0.299. The maximum absolute atomic E-state index is 13.1. The Hall–Kier alpha value is -3.40. The molecule has 2 aromatic rings. The van der Waals surface area contributed by atoms with Crippen molar-refractivity contribution in [1.29, 1.82) is 0 Å². The van der Waals surface area contributed by atoms with Gasteiger partial charge in [-0.3, -0.25) is 4.79 Å². The third-order valence-corrected chi connectivity index (χ3v) is 4.77. The van der Waals surface area contributed by atoms with Gasteiger partial charge in [-0.1, -0.05) is 18.2 Å². The van der Waals surface area contributed by atoms with Crippen LogP contribution in [0.5, 0.6) is 0 Å². The second kappa shape index (κ2) is 12.0. The van der Waals surface area contributed by atoms with Crippen LogP contribution in [-0.2, 0) is 9.53 Å². The number of nitrogens with zero attached hydrogens (tertiary/aromatic N) is 2. The molecule has 1 heterocycles. The van der Waals surface area contributed by atoms with E-state index < -0.39 is 29.6 Å². The van der Waals surface area contributed by atoms with E-state index in [2.05, 4.69) is 20.6 Å². The Kier molecular flexibility index (Phi) is 9.41. The minimum Gasteiger partial charge on any atom is -0.480 e. The molecule has 0 saturated heterocycles.